The summed E-state index contributed by atoms with van der Waals surface area (Å²) >= 11 is 4.22. The average Bonchev–Trinajstić information content (AvgIpc) is 2.25. The molecule has 1 rings (SSSR count). The van der Waals surface area contributed by atoms with Crippen LogP contribution in [0.1, 0.15) is 10.4 Å². The highest BCUT2D eigenvalue weighted by molar-refractivity contribution is 9.10. The summed E-state index contributed by atoms with van der Waals surface area (Å²) < 4.78 is 0.699. The number of hydrogen-bond donors (Lipinski definition) is 3. The molecule has 0 heterocycles. The molecular formula is C10H9BrN2O4S. The van der Waals surface area contributed by atoms with E-state index in [4.69, 9.17) is 10.8 Å². The smallest absolute Gasteiger partial charge is 0.336 e. The number of nitrogens with one attached hydrogen (secondary N) is 1. The number of nitrogens with two attached hydrogens (primary N) is 1. The van der Waals surface area contributed by atoms with E-state index in [0.717, 1.165) is 11.8 Å². The fourth-order valence-electron chi connectivity index (χ4n) is 1.11. The molecule has 0 aromatic heterocycles. The number of carboxylic acid groups (broad SMARTS) is 1. The van der Waals surface area contributed by atoms with Crippen LogP contribution in [0, 0.1) is 0 Å². The van der Waals surface area contributed by atoms with Gasteiger partial charge in [0.2, 0.25) is 5.91 Å². The van der Waals surface area contributed by atoms with Crippen LogP contribution in [0.15, 0.2) is 27.6 Å². The zero-order valence-electron chi connectivity index (χ0n) is 8.97. The first-order chi connectivity index (χ1) is 8.40. The number of rotatable bonds is 4. The van der Waals surface area contributed by atoms with Gasteiger partial charge in [0, 0.05) is 9.37 Å². The summed E-state index contributed by atoms with van der Waals surface area (Å²) in [6.07, 6.45) is 0. The normalized spacial score (nSPS) is 9.83. The van der Waals surface area contributed by atoms with Crippen molar-refractivity contribution in [2.24, 2.45) is 5.73 Å². The molecule has 0 atom stereocenters. The number of aromatic carboxylic acids is 1. The molecule has 8 heteroatoms. The quantitative estimate of drug-likeness (QED) is 0.722. The number of hydrogen-bond acceptors (Lipinski definition) is 4. The molecule has 0 aliphatic rings. The predicted octanol–water partition coefficient (Wildman–Crippen LogP) is 1.43. The molecule has 1 aromatic carbocycles. The maximum absolute atomic E-state index is 11.2. The maximum Gasteiger partial charge on any atom is 0.336 e. The molecule has 0 saturated heterocycles. The van der Waals surface area contributed by atoms with Gasteiger partial charge in [0.1, 0.15) is 0 Å². The van der Waals surface area contributed by atoms with Crippen LogP contribution in [0.25, 0.3) is 0 Å². The lowest BCUT2D eigenvalue weighted by Gasteiger charge is -2.06. The number of benzene rings is 1. The summed E-state index contributed by atoms with van der Waals surface area (Å²) in [5.41, 5.74) is 4.88. The highest BCUT2D eigenvalue weighted by Gasteiger charge is 2.13. The van der Waals surface area contributed by atoms with Gasteiger partial charge in [-0.15, -0.1) is 11.8 Å². The Labute approximate surface area is 115 Å². The number of amides is 3. The number of halogens is 1. The Morgan fingerprint density at radius 3 is 2.61 bits per heavy atom. The number of carbonyl (C=O) groups excluding carboxylic acids is 2. The molecule has 3 amide bonds. The van der Waals surface area contributed by atoms with Gasteiger partial charge in [-0.2, -0.15) is 0 Å². The maximum atomic E-state index is 11.2. The molecule has 96 valence electrons. The van der Waals surface area contributed by atoms with Gasteiger partial charge in [0.05, 0.1) is 11.3 Å². The molecule has 1 aromatic rings. The van der Waals surface area contributed by atoms with Gasteiger partial charge in [0.25, 0.3) is 0 Å². The van der Waals surface area contributed by atoms with Gasteiger partial charge in [-0.05, 0) is 18.2 Å². The summed E-state index contributed by atoms with van der Waals surface area (Å²) in [6, 6.07) is 3.68. The van der Waals surface area contributed by atoms with Crippen molar-refractivity contribution in [1.29, 1.82) is 0 Å². The fraction of sp³-hybridized carbons (Fsp3) is 0.100. The topological polar surface area (TPSA) is 109 Å². The second kappa shape index (κ2) is 6.41. The lowest BCUT2D eigenvalue weighted by molar-refractivity contribution is -0.117. The van der Waals surface area contributed by atoms with E-state index in [1.807, 2.05) is 5.32 Å². The summed E-state index contributed by atoms with van der Waals surface area (Å²) in [7, 11) is 0. The first kappa shape index (κ1) is 14.5. The molecule has 0 aliphatic carbocycles. The zero-order valence-corrected chi connectivity index (χ0v) is 11.4. The molecule has 0 saturated carbocycles. The van der Waals surface area contributed by atoms with Crippen molar-refractivity contribution >= 4 is 45.6 Å². The molecule has 0 aliphatic heterocycles. The van der Waals surface area contributed by atoms with Crippen LogP contribution in [-0.4, -0.2) is 28.8 Å². The van der Waals surface area contributed by atoms with Crippen LogP contribution < -0.4 is 11.1 Å². The number of carboxylic acids is 1. The third-order valence-corrected chi connectivity index (χ3v) is 3.34. The van der Waals surface area contributed by atoms with Crippen LogP contribution >= 0.6 is 27.7 Å². The molecule has 0 unspecified atom stereocenters. The number of thioether (sulfide) groups is 1. The molecule has 4 N–H and O–H groups in total. The van der Waals surface area contributed by atoms with Crippen molar-refractivity contribution in [1.82, 2.24) is 5.32 Å². The third-order valence-electron chi connectivity index (χ3n) is 1.80. The Hall–Kier alpha value is -1.54. The molecule has 0 radical (unpaired) electrons. The Morgan fingerprint density at radius 2 is 2.06 bits per heavy atom. The van der Waals surface area contributed by atoms with E-state index in [2.05, 4.69) is 15.9 Å². The largest absolute Gasteiger partial charge is 0.478 e. The first-order valence-electron chi connectivity index (χ1n) is 4.65. The zero-order chi connectivity index (χ0) is 13.7. The number of imide groups is 1. The minimum Gasteiger partial charge on any atom is -0.478 e. The molecule has 18 heavy (non-hydrogen) atoms. The standard InChI is InChI=1S/C10H9BrN2O4S/c11-5-1-2-6(9(15)16)7(3-5)18-4-8(14)13-10(12)17/h1-3H,4H2,(H,15,16)(H3,12,13,14,17). The van der Waals surface area contributed by atoms with Gasteiger partial charge in [-0.1, -0.05) is 15.9 Å². The second-order valence-corrected chi connectivity index (χ2v) is 5.08. The number of carbonyl (C=O) groups is 3. The van der Waals surface area contributed by atoms with Crippen molar-refractivity contribution in [2.45, 2.75) is 4.90 Å². The van der Waals surface area contributed by atoms with Gasteiger partial charge >= 0.3 is 12.0 Å². The van der Waals surface area contributed by atoms with E-state index in [-0.39, 0.29) is 11.3 Å². The second-order valence-electron chi connectivity index (χ2n) is 3.15. The summed E-state index contributed by atoms with van der Waals surface area (Å²) in [4.78, 5) is 33.0. The van der Waals surface area contributed by atoms with Gasteiger partial charge in [-0.3, -0.25) is 10.1 Å². The Morgan fingerprint density at radius 1 is 1.39 bits per heavy atom. The number of primary amides is 1. The molecule has 6 nitrogen and oxygen atoms in total. The first-order valence-corrected chi connectivity index (χ1v) is 6.43. The third kappa shape index (κ3) is 4.38. The monoisotopic (exact) mass is 332 g/mol. The number of urea groups is 1. The van der Waals surface area contributed by atoms with Gasteiger partial charge < -0.3 is 10.8 Å². The van der Waals surface area contributed by atoms with E-state index < -0.39 is 17.9 Å². The predicted molar refractivity (Wildman–Crippen MR) is 69.6 cm³/mol. The average molecular weight is 333 g/mol. The molecular weight excluding hydrogens is 324 g/mol. The highest BCUT2D eigenvalue weighted by atomic mass is 79.9. The summed E-state index contributed by atoms with van der Waals surface area (Å²) in [5.74, 6) is -1.76. The van der Waals surface area contributed by atoms with E-state index in [0.29, 0.717) is 9.37 Å². The van der Waals surface area contributed by atoms with Crippen LogP contribution in [0.4, 0.5) is 4.79 Å². The van der Waals surface area contributed by atoms with Gasteiger partial charge in [0.15, 0.2) is 0 Å². The molecule has 0 bridgehead atoms. The SMILES string of the molecule is NC(=O)NC(=O)CSc1cc(Br)ccc1C(=O)O. The van der Waals surface area contributed by atoms with Crippen LogP contribution in [-0.2, 0) is 4.79 Å². The summed E-state index contributed by atoms with van der Waals surface area (Å²) in [5, 5.41) is 10.9. The Bertz CT molecular complexity index is 507. The highest BCUT2D eigenvalue weighted by Crippen LogP contribution is 2.26. The minimum atomic E-state index is -1.08. The van der Waals surface area contributed by atoms with Crippen molar-refractivity contribution in [3.05, 3.63) is 28.2 Å². The van der Waals surface area contributed by atoms with Gasteiger partial charge in [-0.25, -0.2) is 9.59 Å². The van der Waals surface area contributed by atoms with Crippen molar-refractivity contribution in [3.8, 4) is 0 Å². The fourth-order valence-corrected chi connectivity index (χ4v) is 2.50. The lowest BCUT2D eigenvalue weighted by atomic mass is 10.2. The van der Waals surface area contributed by atoms with Crippen LogP contribution in [0.3, 0.4) is 0 Å². The van der Waals surface area contributed by atoms with Crippen LogP contribution in [0.2, 0.25) is 0 Å². The van der Waals surface area contributed by atoms with E-state index in [1.165, 1.54) is 6.07 Å². The van der Waals surface area contributed by atoms with Crippen molar-refractivity contribution in [2.75, 3.05) is 5.75 Å². The summed E-state index contributed by atoms with van der Waals surface area (Å²) in [6.45, 7) is 0. The van der Waals surface area contributed by atoms with Crippen molar-refractivity contribution < 1.29 is 19.5 Å². The van der Waals surface area contributed by atoms with Crippen molar-refractivity contribution in [3.63, 3.8) is 0 Å². The molecule has 0 spiro atoms. The van der Waals surface area contributed by atoms with E-state index in [9.17, 15) is 14.4 Å². The minimum absolute atomic E-state index is 0.0927. The van der Waals surface area contributed by atoms with E-state index >= 15 is 0 Å². The van der Waals surface area contributed by atoms with Crippen LogP contribution in [0.5, 0.6) is 0 Å². The van der Waals surface area contributed by atoms with E-state index in [1.54, 1.807) is 12.1 Å². The molecule has 0 fully saturated rings. The lowest BCUT2D eigenvalue weighted by Crippen LogP contribution is -2.36. The Kier molecular flexibility index (Phi) is 5.17. The Balaban J connectivity index is 2.77.